The number of fused-ring (bicyclic) bond motifs is 1. The summed E-state index contributed by atoms with van der Waals surface area (Å²) in [5, 5.41) is 11.0. The Balaban J connectivity index is 2.00. The number of rotatable bonds is 4. The molecule has 0 bridgehead atoms. The molecule has 0 spiro atoms. The van der Waals surface area contributed by atoms with Crippen LogP contribution < -0.4 is 4.74 Å². The fraction of sp³-hybridized carbons (Fsp3) is 0.500. The average Bonchev–Trinajstić information content (AvgIpc) is 2.60. The molecule has 2 aliphatic heterocycles. The van der Waals surface area contributed by atoms with E-state index in [4.69, 9.17) is 4.74 Å². The van der Waals surface area contributed by atoms with Gasteiger partial charge >= 0.3 is 0 Å². The second-order valence-electron chi connectivity index (χ2n) is 6.66. The lowest BCUT2D eigenvalue weighted by Gasteiger charge is -2.38. The van der Waals surface area contributed by atoms with Gasteiger partial charge in [-0.3, -0.25) is 19.8 Å². The third-order valence-corrected chi connectivity index (χ3v) is 4.55. The van der Waals surface area contributed by atoms with Crippen molar-refractivity contribution in [3.8, 4) is 5.75 Å². The van der Waals surface area contributed by atoms with Crippen molar-refractivity contribution in [3.63, 3.8) is 0 Å². The van der Waals surface area contributed by atoms with Crippen LogP contribution in [0, 0.1) is 16.0 Å². The lowest BCUT2D eigenvalue weighted by atomic mass is 9.94. The van der Waals surface area contributed by atoms with E-state index in [1.807, 2.05) is 13.8 Å². The van der Waals surface area contributed by atoms with E-state index in [0.717, 1.165) is 25.9 Å². The van der Waals surface area contributed by atoms with E-state index in [2.05, 4.69) is 4.90 Å². The van der Waals surface area contributed by atoms with Gasteiger partial charge in [0.2, 0.25) is 0 Å². The van der Waals surface area contributed by atoms with Crippen LogP contribution in [-0.4, -0.2) is 34.9 Å². The van der Waals surface area contributed by atoms with Crippen molar-refractivity contribution in [1.82, 2.24) is 4.90 Å². The Morgan fingerprint density at radius 2 is 2.00 bits per heavy atom. The number of carbonyl (C=O) groups is 1. The molecule has 1 unspecified atom stereocenters. The van der Waals surface area contributed by atoms with Crippen molar-refractivity contribution < 1.29 is 14.5 Å². The maximum Gasteiger partial charge on any atom is 0.270 e. The molecule has 128 valence electrons. The predicted molar refractivity (Wildman–Crippen MR) is 90.8 cm³/mol. The molecular formula is C18H22N2O4. The first-order valence-corrected chi connectivity index (χ1v) is 8.42. The van der Waals surface area contributed by atoms with E-state index in [1.165, 1.54) is 18.6 Å². The van der Waals surface area contributed by atoms with Gasteiger partial charge in [0.1, 0.15) is 5.75 Å². The second kappa shape index (κ2) is 6.73. The Hall–Kier alpha value is -2.21. The van der Waals surface area contributed by atoms with E-state index < -0.39 is 11.2 Å². The van der Waals surface area contributed by atoms with Gasteiger partial charge in [-0.25, -0.2) is 0 Å². The Bertz CT molecular complexity index is 690. The van der Waals surface area contributed by atoms with Gasteiger partial charge in [0.05, 0.1) is 10.5 Å². The van der Waals surface area contributed by atoms with E-state index in [9.17, 15) is 14.9 Å². The molecular weight excluding hydrogens is 308 g/mol. The highest BCUT2D eigenvalue weighted by Gasteiger charge is 2.34. The fourth-order valence-electron chi connectivity index (χ4n) is 3.24. The van der Waals surface area contributed by atoms with Crippen LogP contribution in [-0.2, 0) is 4.79 Å². The molecule has 1 saturated heterocycles. The van der Waals surface area contributed by atoms with Gasteiger partial charge in [-0.05, 0) is 25.0 Å². The van der Waals surface area contributed by atoms with Crippen molar-refractivity contribution in [2.75, 3.05) is 13.1 Å². The summed E-state index contributed by atoms with van der Waals surface area (Å²) >= 11 is 0. The first-order chi connectivity index (χ1) is 11.5. The summed E-state index contributed by atoms with van der Waals surface area (Å²) in [5.41, 5.74) is 1.20. The highest BCUT2D eigenvalue weighted by Crippen LogP contribution is 2.35. The number of hydrogen-bond acceptors (Lipinski definition) is 5. The molecule has 6 heteroatoms. The second-order valence-corrected chi connectivity index (χ2v) is 6.66. The third-order valence-electron chi connectivity index (χ3n) is 4.55. The number of piperidine rings is 1. The molecule has 0 radical (unpaired) electrons. The fourth-order valence-corrected chi connectivity index (χ4v) is 3.24. The topological polar surface area (TPSA) is 72.7 Å². The average molecular weight is 330 g/mol. The Morgan fingerprint density at radius 3 is 2.62 bits per heavy atom. The molecule has 1 atom stereocenters. The highest BCUT2D eigenvalue weighted by atomic mass is 16.6. The molecule has 1 aromatic rings. The number of nitro groups is 1. The zero-order valence-corrected chi connectivity index (χ0v) is 14.0. The van der Waals surface area contributed by atoms with Crippen molar-refractivity contribution in [1.29, 1.82) is 0 Å². The molecule has 0 aromatic heterocycles. The quantitative estimate of drug-likeness (QED) is 0.625. The number of nitrogens with zero attached hydrogens (tertiary/aromatic N) is 2. The van der Waals surface area contributed by atoms with Gasteiger partial charge < -0.3 is 4.74 Å². The number of likely N-dealkylation sites (tertiary alicyclic amines) is 1. The summed E-state index contributed by atoms with van der Waals surface area (Å²) in [6.07, 6.45) is 4.76. The molecule has 0 aliphatic carbocycles. The predicted octanol–water partition coefficient (Wildman–Crippen LogP) is 3.41. The summed E-state index contributed by atoms with van der Waals surface area (Å²) in [6.45, 7) is 5.52. The van der Waals surface area contributed by atoms with E-state index in [1.54, 1.807) is 12.1 Å². The van der Waals surface area contributed by atoms with Crippen LogP contribution in [0.15, 0.2) is 23.8 Å². The molecule has 2 heterocycles. The van der Waals surface area contributed by atoms with Crippen LogP contribution in [0.2, 0.25) is 0 Å². The Labute approximate surface area is 141 Å². The van der Waals surface area contributed by atoms with Crippen LogP contribution in [0.3, 0.4) is 0 Å². The number of carbonyl (C=O) groups excluding carboxylic acids is 1. The van der Waals surface area contributed by atoms with Gasteiger partial charge in [0.25, 0.3) is 5.69 Å². The molecule has 3 rings (SSSR count). The van der Waals surface area contributed by atoms with Gasteiger partial charge in [0.15, 0.2) is 12.0 Å². The minimum atomic E-state index is -0.436. The van der Waals surface area contributed by atoms with Crippen LogP contribution in [0.4, 0.5) is 5.69 Å². The summed E-state index contributed by atoms with van der Waals surface area (Å²) in [6, 6.07) is 4.53. The Kier molecular flexibility index (Phi) is 4.66. The standard InChI is InChI=1S/C18H22N2O4/c1-12(2)17(21)15-11-13-10-14(20(22)23)6-7-16(13)24-18(15)19-8-4-3-5-9-19/h6-7,10-12,18H,3-5,8-9H2,1-2H3. The lowest BCUT2D eigenvalue weighted by molar-refractivity contribution is -0.384. The van der Waals surface area contributed by atoms with Gasteiger partial charge in [-0.2, -0.15) is 0 Å². The molecule has 0 N–H and O–H groups in total. The summed E-state index contributed by atoms with van der Waals surface area (Å²) in [7, 11) is 0. The van der Waals surface area contributed by atoms with Crippen molar-refractivity contribution >= 4 is 17.5 Å². The first kappa shape index (κ1) is 16.6. The monoisotopic (exact) mass is 330 g/mol. The normalized spacial score (nSPS) is 21.0. The molecule has 24 heavy (non-hydrogen) atoms. The Morgan fingerprint density at radius 1 is 1.29 bits per heavy atom. The number of nitro benzene ring substituents is 1. The highest BCUT2D eigenvalue weighted by molar-refractivity contribution is 6.02. The van der Waals surface area contributed by atoms with E-state index in [0.29, 0.717) is 16.9 Å². The first-order valence-electron chi connectivity index (χ1n) is 8.42. The van der Waals surface area contributed by atoms with Gasteiger partial charge in [-0.15, -0.1) is 0 Å². The number of ketones is 1. The molecule has 1 fully saturated rings. The van der Waals surface area contributed by atoms with Crippen LogP contribution in [0.1, 0.15) is 38.7 Å². The van der Waals surface area contributed by atoms with Gasteiger partial charge in [0, 0.05) is 36.7 Å². The van der Waals surface area contributed by atoms with Crippen molar-refractivity contribution in [3.05, 3.63) is 39.4 Å². The van der Waals surface area contributed by atoms with Crippen LogP contribution in [0.5, 0.6) is 5.75 Å². The van der Waals surface area contributed by atoms with E-state index >= 15 is 0 Å². The van der Waals surface area contributed by atoms with Crippen LogP contribution in [0.25, 0.3) is 6.08 Å². The largest absolute Gasteiger partial charge is 0.470 e. The summed E-state index contributed by atoms with van der Waals surface area (Å²) < 4.78 is 6.10. The summed E-state index contributed by atoms with van der Waals surface area (Å²) in [4.78, 5) is 25.4. The molecule has 0 amide bonds. The third kappa shape index (κ3) is 3.19. The van der Waals surface area contributed by atoms with Crippen LogP contribution >= 0.6 is 0 Å². The SMILES string of the molecule is CC(C)C(=O)C1=Cc2cc([N+](=O)[O-])ccc2OC1N1CCCCC1. The number of hydrogen-bond donors (Lipinski definition) is 0. The molecule has 2 aliphatic rings. The maximum absolute atomic E-state index is 12.7. The molecule has 6 nitrogen and oxygen atoms in total. The number of non-ortho nitro benzene ring substituents is 1. The van der Waals surface area contributed by atoms with E-state index in [-0.39, 0.29) is 17.4 Å². The molecule has 0 saturated carbocycles. The smallest absolute Gasteiger partial charge is 0.270 e. The maximum atomic E-state index is 12.7. The zero-order valence-electron chi connectivity index (χ0n) is 14.0. The number of Topliss-reactive ketones (excluding diaryl/α,β-unsaturated/α-hetero) is 1. The lowest BCUT2D eigenvalue weighted by Crippen LogP contribution is -2.47. The number of benzene rings is 1. The summed E-state index contributed by atoms with van der Waals surface area (Å²) in [5.74, 6) is 0.478. The zero-order chi connectivity index (χ0) is 17.3. The minimum Gasteiger partial charge on any atom is -0.470 e. The minimum absolute atomic E-state index is 0.00127. The number of ether oxygens (including phenoxy) is 1. The molecule has 1 aromatic carbocycles. The van der Waals surface area contributed by atoms with Gasteiger partial charge in [-0.1, -0.05) is 20.3 Å². The van der Waals surface area contributed by atoms with Crippen molar-refractivity contribution in [2.24, 2.45) is 5.92 Å². The van der Waals surface area contributed by atoms with Crippen molar-refractivity contribution in [2.45, 2.75) is 39.3 Å².